The molecule has 21 heavy (non-hydrogen) atoms. The number of likely N-dealkylation sites (tertiary alicyclic amines) is 2. The lowest BCUT2D eigenvalue weighted by molar-refractivity contribution is -0.137. The molecule has 0 spiro atoms. The van der Waals surface area contributed by atoms with Gasteiger partial charge in [0.15, 0.2) is 0 Å². The third kappa shape index (κ3) is 3.37. The molecule has 2 amide bonds. The van der Waals surface area contributed by atoms with E-state index in [1.165, 1.54) is 0 Å². The van der Waals surface area contributed by atoms with Crippen molar-refractivity contribution in [2.75, 3.05) is 19.6 Å². The van der Waals surface area contributed by atoms with Crippen LogP contribution in [0, 0.1) is 29.1 Å². The van der Waals surface area contributed by atoms with Gasteiger partial charge in [0.2, 0.25) is 11.8 Å². The second-order valence-electron chi connectivity index (χ2n) is 6.66. The monoisotopic (exact) mass is 291 g/mol. The first-order valence-electron chi connectivity index (χ1n) is 7.92. The molecule has 2 heterocycles. The summed E-state index contributed by atoms with van der Waals surface area (Å²) in [7, 11) is 0. The van der Waals surface area contributed by atoms with Crippen LogP contribution in [0.5, 0.6) is 0 Å². The van der Waals surface area contributed by atoms with E-state index in [9.17, 15) is 9.59 Å². The van der Waals surface area contributed by atoms with Gasteiger partial charge in [0.05, 0.1) is 12.0 Å². The highest BCUT2D eigenvalue weighted by atomic mass is 16.2. The van der Waals surface area contributed by atoms with Gasteiger partial charge in [-0.3, -0.25) is 9.59 Å². The van der Waals surface area contributed by atoms with Crippen LogP contribution in [0.1, 0.15) is 40.0 Å². The number of rotatable bonds is 3. The van der Waals surface area contributed by atoms with Crippen molar-refractivity contribution >= 4 is 11.8 Å². The van der Waals surface area contributed by atoms with Gasteiger partial charge in [-0.2, -0.15) is 5.26 Å². The molecule has 2 fully saturated rings. The first kappa shape index (κ1) is 15.8. The number of hydrogen-bond donors (Lipinski definition) is 0. The zero-order chi connectivity index (χ0) is 15.6. The molecule has 0 aromatic carbocycles. The van der Waals surface area contributed by atoms with Crippen molar-refractivity contribution in [1.29, 1.82) is 5.26 Å². The first-order valence-corrected chi connectivity index (χ1v) is 7.92. The molecule has 116 valence electrons. The number of amides is 2. The molecular weight excluding hydrogens is 266 g/mol. The molecule has 0 aliphatic carbocycles. The fraction of sp³-hybridized carbons (Fsp3) is 0.812. The Kier molecular flexibility index (Phi) is 4.87. The molecule has 2 aliphatic heterocycles. The minimum absolute atomic E-state index is 0.0803. The van der Waals surface area contributed by atoms with Crippen molar-refractivity contribution < 1.29 is 9.59 Å². The van der Waals surface area contributed by atoms with Gasteiger partial charge in [0.25, 0.3) is 0 Å². The van der Waals surface area contributed by atoms with Gasteiger partial charge in [0.1, 0.15) is 0 Å². The summed E-state index contributed by atoms with van der Waals surface area (Å²) >= 11 is 0. The first-order chi connectivity index (χ1) is 9.93. The lowest BCUT2D eigenvalue weighted by atomic mass is 9.97. The van der Waals surface area contributed by atoms with E-state index in [1.54, 1.807) is 0 Å². The topological polar surface area (TPSA) is 64.4 Å². The summed E-state index contributed by atoms with van der Waals surface area (Å²) in [5.41, 5.74) is 0. The van der Waals surface area contributed by atoms with Crippen LogP contribution in [-0.4, -0.2) is 47.3 Å². The average Bonchev–Trinajstić information content (AvgIpc) is 2.87. The molecule has 5 nitrogen and oxygen atoms in total. The maximum absolute atomic E-state index is 12.5. The molecule has 0 N–H and O–H groups in total. The number of nitrogens with zero attached hydrogens (tertiary/aromatic N) is 3. The minimum Gasteiger partial charge on any atom is -0.342 e. The summed E-state index contributed by atoms with van der Waals surface area (Å²) in [4.78, 5) is 28.4. The highest BCUT2D eigenvalue weighted by molar-refractivity contribution is 5.89. The van der Waals surface area contributed by atoms with Crippen molar-refractivity contribution in [3.05, 3.63) is 0 Å². The van der Waals surface area contributed by atoms with E-state index in [4.69, 9.17) is 5.26 Å². The zero-order valence-electron chi connectivity index (χ0n) is 13.2. The van der Waals surface area contributed by atoms with E-state index in [0.29, 0.717) is 32.0 Å². The molecule has 0 aromatic heterocycles. The fourth-order valence-corrected chi connectivity index (χ4v) is 3.14. The third-order valence-electron chi connectivity index (χ3n) is 4.95. The summed E-state index contributed by atoms with van der Waals surface area (Å²) in [5.74, 6) is 0.475. The van der Waals surface area contributed by atoms with Crippen LogP contribution in [-0.2, 0) is 9.59 Å². The fourth-order valence-electron chi connectivity index (χ4n) is 3.14. The average molecular weight is 291 g/mol. The maximum Gasteiger partial charge on any atom is 0.227 e. The van der Waals surface area contributed by atoms with Crippen molar-refractivity contribution in [3.63, 3.8) is 0 Å². The lowest BCUT2D eigenvalue weighted by Gasteiger charge is -2.32. The summed E-state index contributed by atoms with van der Waals surface area (Å²) in [6, 6.07) is 2.45. The van der Waals surface area contributed by atoms with E-state index in [2.05, 4.69) is 19.9 Å². The zero-order valence-corrected chi connectivity index (χ0v) is 13.2. The SMILES string of the molecule is CC(C)C(C)N1CC(C(=O)N2CCC(C#N)CC2)CC1=O. The molecule has 5 heteroatoms. The van der Waals surface area contributed by atoms with Crippen LogP contribution in [0.25, 0.3) is 0 Å². The van der Waals surface area contributed by atoms with E-state index in [-0.39, 0.29) is 29.7 Å². The Morgan fingerprint density at radius 2 is 1.90 bits per heavy atom. The second kappa shape index (κ2) is 6.46. The van der Waals surface area contributed by atoms with Gasteiger partial charge in [-0.15, -0.1) is 0 Å². The standard InChI is InChI=1S/C16H25N3O2/c1-11(2)12(3)19-10-14(8-15(19)20)16(21)18-6-4-13(9-17)5-7-18/h11-14H,4-8,10H2,1-3H3. The normalized spacial score (nSPS) is 25.3. The van der Waals surface area contributed by atoms with Crippen LogP contribution in [0.3, 0.4) is 0 Å². The number of hydrogen-bond acceptors (Lipinski definition) is 3. The van der Waals surface area contributed by atoms with Crippen LogP contribution >= 0.6 is 0 Å². The molecular formula is C16H25N3O2. The summed E-state index contributed by atoms with van der Waals surface area (Å²) in [6.07, 6.45) is 1.86. The highest BCUT2D eigenvalue weighted by Gasteiger charge is 2.39. The molecule has 2 saturated heterocycles. The molecule has 0 radical (unpaired) electrons. The Hall–Kier alpha value is -1.57. The molecule has 2 aliphatic rings. The number of nitriles is 1. The maximum atomic E-state index is 12.5. The van der Waals surface area contributed by atoms with Gasteiger partial charge >= 0.3 is 0 Å². The molecule has 2 rings (SSSR count). The molecule has 2 atom stereocenters. The third-order valence-corrected chi connectivity index (χ3v) is 4.95. The smallest absolute Gasteiger partial charge is 0.227 e. The Labute approximate surface area is 126 Å². The summed E-state index contributed by atoms with van der Waals surface area (Å²) in [6.45, 7) is 8.10. The molecule has 0 saturated carbocycles. The van der Waals surface area contributed by atoms with Crippen LogP contribution in [0.15, 0.2) is 0 Å². The number of carbonyl (C=O) groups excluding carboxylic acids is 2. The van der Waals surface area contributed by atoms with Gasteiger partial charge in [-0.25, -0.2) is 0 Å². The molecule has 2 unspecified atom stereocenters. The van der Waals surface area contributed by atoms with E-state index >= 15 is 0 Å². The Balaban J connectivity index is 1.93. The van der Waals surface area contributed by atoms with E-state index in [1.807, 2.05) is 16.7 Å². The van der Waals surface area contributed by atoms with Gasteiger partial charge in [0, 0.05) is 38.0 Å². The van der Waals surface area contributed by atoms with Gasteiger partial charge < -0.3 is 9.80 Å². The van der Waals surface area contributed by atoms with Crippen molar-refractivity contribution in [2.24, 2.45) is 17.8 Å². The highest BCUT2D eigenvalue weighted by Crippen LogP contribution is 2.26. The number of piperidine rings is 1. The minimum atomic E-state index is -0.197. The van der Waals surface area contributed by atoms with E-state index < -0.39 is 0 Å². The summed E-state index contributed by atoms with van der Waals surface area (Å²) < 4.78 is 0. The lowest BCUT2D eigenvalue weighted by Crippen LogP contribution is -2.43. The Morgan fingerprint density at radius 3 is 2.43 bits per heavy atom. The van der Waals surface area contributed by atoms with Crippen LogP contribution in [0.4, 0.5) is 0 Å². The number of carbonyl (C=O) groups is 2. The predicted molar refractivity (Wildman–Crippen MR) is 79.0 cm³/mol. The van der Waals surface area contributed by atoms with Crippen molar-refractivity contribution in [3.8, 4) is 6.07 Å². The predicted octanol–water partition coefficient (Wildman–Crippen LogP) is 1.64. The Morgan fingerprint density at radius 1 is 1.29 bits per heavy atom. The molecule has 0 bridgehead atoms. The van der Waals surface area contributed by atoms with Crippen molar-refractivity contribution in [2.45, 2.75) is 46.1 Å². The summed E-state index contributed by atoms with van der Waals surface area (Å²) in [5, 5.41) is 8.91. The van der Waals surface area contributed by atoms with Crippen molar-refractivity contribution in [1.82, 2.24) is 9.80 Å². The largest absolute Gasteiger partial charge is 0.342 e. The van der Waals surface area contributed by atoms with Crippen LogP contribution < -0.4 is 0 Å². The van der Waals surface area contributed by atoms with E-state index in [0.717, 1.165) is 12.8 Å². The van der Waals surface area contributed by atoms with Crippen LogP contribution in [0.2, 0.25) is 0 Å². The van der Waals surface area contributed by atoms with Gasteiger partial charge in [-0.05, 0) is 25.7 Å². The Bertz CT molecular complexity index is 447. The van der Waals surface area contributed by atoms with Gasteiger partial charge in [-0.1, -0.05) is 13.8 Å². The molecule has 0 aromatic rings. The second-order valence-corrected chi connectivity index (χ2v) is 6.66. The quantitative estimate of drug-likeness (QED) is 0.794.